The van der Waals surface area contributed by atoms with Gasteiger partial charge in [0, 0.05) is 28.9 Å². The number of anilines is 1. The second-order valence-corrected chi connectivity index (χ2v) is 5.87. The van der Waals surface area contributed by atoms with E-state index in [1.54, 1.807) is 0 Å². The summed E-state index contributed by atoms with van der Waals surface area (Å²) in [5, 5.41) is 5.98. The first-order chi connectivity index (χ1) is 10.2. The molecule has 1 fully saturated rings. The minimum atomic E-state index is 0.592. The van der Waals surface area contributed by atoms with Gasteiger partial charge >= 0.3 is 0 Å². The van der Waals surface area contributed by atoms with E-state index in [0.29, 0.717) is 5.92 Å². The number of nitrogen functional groups attached to an aromatic ring is 1. The Kier molecular flexibility index (Phi) is 2.70. The smallest absolute Gasteiger partial charge is 0.0755 e. The van der Waals surface area contributed by atoms with E-state index in [2.05, 4.69) is 21.8 Å². The molecule has 2 aromatic heterocycles. The Labute approximate surface area is 123 Å². The number of pyridine rings is 1. The van der Waals surface area contributed by atoms with Gasteiger partial charge in [0.15, 0.2) is 0 Å². The summed E-state index contributed by atoms with van der Waals surface area (Å²) >= 11 is 0. The molecule has 3 aromatic rings. The molecular weight excluding hydrogens is 260 g/mol. The minimum absolute atomic E-state index is 0.592. The first-order valence-electron chi connectivity index (χ1n) is 7.39. The molecule has 4 heteroatoms. The highest BCUT2D eigenvalue weighted by molar-refractivity contribution is 5.93. The van der Waals surface area contributed by atoms with Gasteiger partial charge < -0.3 is 5.73 Å². The fourth-order valence-electron chi connectivity index (χ4n) is 2.81. The monoisotopic (exact) mass is 278 g/mol. The summed E-state index contributed by atoms with van der Waals surface area (Å²) < 4.78 is 2.06. The van der Waals surface area contributed by atoms with Crippen LogP contribution in [0.1, 0.15) is 35.7 Å². The highest BCUT2D eigenvalue weighted by atomic mass is 15.3. The molecule has 4 nitrogen and oxygen atoms in total. The van der Waals surface area contributed by atoms with Crippen LogP contribution >= 0.6 is 0 Å². The van der Waals surface area contributed by atoms with Gasteiger partial charge in [0.2, 0.25) is 0 Å². The van der Waals surface area contributed by atoms with Crippen molar-refractivity contribution in [1.82, 2.24) is 14.8 Å². The number of aryl methyl sites for hydroxylation is 1. The van der Waals surface area contributed by atoms with Crippen LogP contribution in [0.5, 0.6) is 0 Å². The van der Waals surface area contributed by atoms with Crippen LogP contribution in [0.15, 0.2) is 36.5 Å². The maximum absolute atomic E-state index is 6.18. The normalized spacial score (nSPS) is 14.7. The molecule has 0 bridgehead atoms. The number of hydrogen-bond acceptors (Lipinski definition) is 3. The lowest BCUT2D eigenvalue weighted by Crippen LogP contribution is -2.02. The summed E-state index contributed by atoms with van der Waals surface area (Å²) in [6.45, 7) is 2.74. The molecule has 0 atom stereocenters. The first kappa shape index (κ1) is 12.4. The van der Waals surface area contributed by atoms with Crippen molar-refractivity contribution in [2.24, 2.45) is 0 Å². The van der Waals surface area contributed by atoms with Gasteiger partial charge in [-0.2, -0.15) is 5.10 Å². The van der Waals surface area contributed by atoms with E-state index in [-0.39, 0.29) is 0 Å². The molecule has 0 unspecified atom stereocenters. The summed E-state index contributed by atoms with van der Waals surface area (Å²) in [6, 6.07) is 10.2. The van der Waals surface area contributed by atoms with E-state index >= 15 is 0 Å². The predicted octanol–water partition coefficient (Wildman–Crippen LogP) is 3.25. The number of benzene rings is 1. The van der Waals surface area contributed by atoms with Gasteiger partial charge in [-0.15, -0.1) is 0 Å². The Hall–Kier alpha value is -2.36. The lowest BCUT2D eigenvalue weighted by molar-refractivity contribution is 0.692. The van der Waals surface area contributed by atoms with E-state index in [4.69, 9.17) is 10.8 Å². The zero-order valence-electron chi connectivity index (χ0n) is 12.1. The van der Waals surface area contributed by atoms with Crippen molar-refractivity contribution < 1.29 is 0 Å². The number of nitrogens with two attached hydrogens (primary N) is 1. The van der Waals surface area contributed by atoms with E-state index in [0.717, 1.165) is 34.4 Å². The molecule has 2 N–H and O–H groups in total. The zero-order valence-corrected chi connectivity index (χ0v) is 12.1. The molecule has 1 aromatic carbocycles. The van der Waals surface area contributed by atoms with Crippen molar-refractivity contribution in [1.29, 1.82) is 0 Å². The zero-order chi connectivity index (χ0) is 14.4. The summed E-state index contributed by atoms with van der Waals surface area (Å²) in [5.41, 5.74) is 11.5. The van der Waals surface area contributed by atoms with Crippen LogP contribution in [0.4, 0.5) is 5.69 Å². The molecular formula is C17H18N4. The van der Waals surface area contributed by atoms with Gasteiger partial charge in [-0.05, 0) is 43.5 Å². The van der Waals surface area contributed by atoms with Crippen molar-refractivity contribution >= 4 is 16.6 Å². The van der Waals surface area contributed by atoms with Gasteiger partial charge in [-0.25, -0.2) is 0 Å². The Bertz CT molecular complexity index is 798. The molecule has 0 radical (unpaired) electrons. The lowest BCUT2D eigenvalue weighted by atomic mass is 10.1. The van der Waals surface area contributed by atoms with Crippen LogP contribution in [-0.4, -0.2) is 14.8 Å². The first-order valence-corrected chi connectivity index (χ1v) is 7.39. The Morgan fingerprint density at radius 3 is 2.81 bits per heavy atom. The maximum Gasteiger partial charge on any atom is 0.0755 e. The van der Waals surface area contributed by atoms with Crippen molar-refractivity contribution in [2.45, 2.75) is 32.2 Å². The van der Waals surface area contributed by atoms with Gasteiger partial charge in [-0.3, -0.25) is 9.67 Å². The number of hydrogen-bond donors (Lipinski definition) is 1. The molecule has 0 amide bonds. The van der Waals surface area contributed by atoms with Crippen molar-refractivity contribution in [2.75, 3.05) is 5.73 Å². The van der Waals surface area contributed by atoms with Crippen molar-refractivity contribution in [3.05, 3.63) is 53.5 Å². The van der Waals surface area contributed by atoms with Gasteiger partial charge in [-0.1, -0.05) is 12.1 Å². The van der Waals surface area contributed by atoms with Crippen LogP contribution in [0.3, 0.4) is 0 Å². The average Bonchev–Trinajstić information content (AvgIpc) is 3.26. The summed E-state index contributed by atoms with van der Waals surface area (Å²) in [6.07, 6.45) is 4.38. The number of aromatic nitrogens is 3. The van der Waals surface area contributed by atoms with Crippen molar-refractivity contribution in [3.8, 4) is 0 Å². The Morgan fingerprint density at radius 2 is 2.10 bits per heavy atom. The summed E-state index contributed by atoms with van der Waals surface area (Å²) in [4.78, 5) is 4.36. The van der Waals surface area contributed by atoms with Gasteiger partial charge in [0.05, 0.1) is 17.8 Å². The fraction of sp³-hybridized carbons (Fsp3) is 0.294. The molecule has 106 valence electrons. The number of rotatable bonds is 3. The molecule has 1 aliphatic rings. The number of fused-ring (bicyclic) bond motifs is 1. The third kappa shape index (κ3) is 2.17. The van der Waals surface area contributed by atoms with Crippen molar-refractivity contribution in [3.63, 3.8) is 0 Å². The van der Waals surface area contributed by atoms with Crippen LogP contribution < -0.4 is 5.73 Å². The third-order valence-electron chi connectivity index (χ3n) is 4.11. The average molecular weight is 278 g/mol. The minimum Gasteiger partial charge on any atom is -0.398 e. The van der Waals surface area contributed by atoms with Crippen LogP contribution in [0.25, 0.3) is 10.9 Å². The molecule has 4 rings (SSSR count). The Balaban J connectivity index is 1.81. The molecule has 0 spiro atoms. The topological polar surface area (TPSA) is 56.7 Å². The van der Waals surface area contributed by atoms with E-state index in [9.17, 15) is 0 Å². The van der Waals surface area contributed by atoms with Crippen LogP contribution in [0.2, 0.25) is 0 Å². The fourth-order valence-corrected chi connectivity index (χ4v) is 2.81. The third-order valence-corrected chi connectivity index (χ3v) is 4.11. The molecule has 0 aliphatic heterocycles. The van der Waals surface area contributed by atoms with E-state index in [1.165, 1.54) is 18.5 Å². The van der Waals surface area contributed by atoms with Gasteiger partial charge in [0.25, 0.3) is 0 Å². The van der Waals surface area contributed by atoms with Crippen LogP contribution in [-0.2, 0) is 6.54 Å². The maximum atomic E-state index is 6.18. The summed E-state index contributed by atoms with van der Waals surface area (Å²) in [5.74, 6) is 0.592. The predicted molar refractivity (Wildman–Crippen MR) is 84.2 cm³/mol. The molecule has 1 aliphatic carbocycles. The van der Waals surface area contributed by atoms with E-state index in [1.807, 2.05) is 31.3 Å². The molecule has 21 heavy (non-hydrogen) atoms. The standard InChI is InChI=1S/C17H18N4/c1-11-5-6-12(9-19-11)10-21-15-4-2-3-14(18)16(15)17(20-21)13-7-8-13/h2-6,9,13H,7-8,10,18H2,1H3. The highest BCUT2D eigenvalue weighted by Gasteiger charge is 2.29. The molecule has 0 saturated heterocycles. The lowest BCUT2D eigenvalue weighted by Gasteiger charge is -2.04. The van der Waals surface area contributed by atoms with Gasteiger partial charge in [0.1, 0.15) is 0 Å². The SMILES string of the molecule is Cc1ccc(Cn2nc(C3CC3)c3c(N)cccc32)cn1. The highest BCUT2D eigenvalue weighted by Crippen LogP contribution is 2.43. The number of nitrogens with zero attached hydrogens (tertiary/aromatic N) is 3. The summed E-state index contributed by atoms with van der Waals surface area (Å²) in [7, 11) is 0. The van der Waals surface area contributed by atoms with E-state index < -0.39 is 0 Å². The second-order valence-electron chi connectivity index (χ2n) is 5.87. The quantitative estimate of drug-likeness (QED) is 0.748. The second kappa shape index (κ2) is 4.58. The largest absolute Gasteiger partial charge is 0.398 e. The molecule has 1 saturated carbocycles. The Morgan fingerprint density at radius 1 is 1.24 bits per heavy atom. The van der Waals surface area contributed by atoms with Crippen LogP contribution in [0, 0.1) is 6.92 Å². The molecule has 2 heterocycles.